The third-order valence-electron chi connectivity index (χ3n) is 3.16. The first-order valence-corrected chi connectivity index (χ1v) is 6.46. The Hall–Kier alpha value is -1.89. The van der Waals surface area contributed by atoms with E-state index < -0.39 is 5.41 Å². The molecule has 1 aromatic carbocycles. The largest absolute Gasteiger partial charge is 0.294 e. The van der Waals surface area contributed by atoms with Gasteiger partial charge in [0.25, 0.3) is 0 Å². The van der Waals surface area contributed by atoms with Gasteiger partial charge in [0, 0.05) is 11.0 Å². The lowest BCUT2D eigenvalue weighted by atomic mass is 9.78. The van der Waals surface area contributed by atoms with Crippen molar-refractivity contribution < 1.29 is 4.79 Å². The van der Waals surface area contributed by atoms with Crippen LogP contribution < -0.4 is 0 Å². The second kappa shape index (κ2) is 6.33. The van der Waals surface area contributed by atoms with E-state index in [4.69, 9.17) is 0 Å². The second-order valence-electron chi connectivity index (χ2n) is 5.44. The van der Waals surface area contributed by atoms with Gasteiger partial charge in [0.2, 0.25) is 0 Å². The highest BCUT2D eigenvalue weighted by molar-refractivity contribution is 6.02. The number of benzene rings is 1. The van der Waals surface area contributed by atoms with E-state index >= 15 is 0 Å². The van der Waals surface area contributed by atoms with E-state index in [0.29, 0.717) is 12.0 Å². The average Bonchev–Trinajstić information content (AvgIpc) is 2.37. The van der Waals surface area contributed by atoms with Gasteiger partial charge in [-0.25, -0.2) is 0 Å². The highest BCUT2D eigenvalue weighted by Crippen LogP contribution is 2.27. The summed E-state index contributed by atoms with van der Waals surface area (Å²) in [5.41, 5.74) is 2.57. The summed E-state index contributed by atoms with van der Waals surface area (Å²) >= 11 is 0. The molecule has 0 bridgehead atoms. The molecule has 19 heavy (non-hydrogen) atoms. The lowest BCUT2D eigenvalue weighted by Gasteiger charge is -2.23. The molecule has 100 valence electrons. The highest BCUT2D eigenvalue weighted by Gasteiger charge is 2.29. The maximum absolute atomic E-state index is 12.5. The van der Waals surface area contributed by atoms with Crippen LogP contribution in [0.1, 0.15) is 25.0 Å². The standard InChI is InChI=1S/C18H22O/c1-6-8-16(7-2)17(19)18(4,5)13-15-11-9-14(3)10-12-15/h6-12H,1-2,13H2,3-5H3/b16-8+. The van der Waals surface area contributed by atoms with E-state index in [-0.39, 0.29) is 5.78 Å². The van der Waals surface area contributed by atoms with Gasteiger partial charge in [0.1, 0.15) is 0 Å². The van der Waals surface area contributed by atoms with Crippen LogP contribution in [0.25, 0.3) is 0 Å². The van der Waals surface area contributed by atoms with Crippen molar-refractivity contribution >= 4 is 5.78 Å². The quantitative estimate of drug-likeness (QED) is 0.542. The van der Waals surface area contributed by atoms with Gasteiger partial charge < -0.3 is 0 Å². The van der Waals surface area contributed by atoms with Gasteiger partial charge in [0.05, 0.1) is 0 Å². The molecule has 1 heteroatoms. The zero-order valence-electron chi connectivity index (χ0n) is 12.1. The normalized spacial score (nSPS) is 12.1. The molecule has 0 heterocycles. The highest BCUT2D eigenvalue weighted by atomic mass is 16.1. The van der Waals surface area contributed by atoms with Crippen molar-refractivity contribution in [1.29, 1.82) is 0 Å². The Morgan fingerprint density at radius 2 is 1.79 bits per heavy atom. The van der Waals surface area contributed by atoms with Crippen molar-refractivity contribution in [2.45, 2.75) is 27.2 Å². The van der Waals surface area contributed by atoms with Gasteiger partial charge in [-0.1, -0.05) is 75.1 Å². The van der Waals surface area contributed by atoms with Crippen LogP contribution in [0.5, 0.6) is 0 Å². The Balaban J connectivity index is 2.94. The Morgan fingerprint density at radius 3 is 2.26 bits per heavy atom. The Labute approximate surface area is 116 Å². The molecule has 0 aromatic heterocycles. The Morgan fingerprint density at radius 1 is 1.21 bits per heavy atom. The van der Waals surface area contributed by atoms with Crippen molar-refractivity contribution in [1.82, 2.24) is 0 Å². The fourth-order valence-electron chi connectivity index (χ4n) is 2.05. The molecule has 0 saturated heterocycles. The monoisotopic (exact) mass is 254 g/mol. The lowest BCUT2D eigenvalue weighted by Crippen LogP contribution is -2.27. The van der Waals surface area contributed by atoms with Crippen molar-refractivity contribution in [3.63, 3.8) is 0 Å². The van der Waals surface area contributed by atoms with Crippen LogP contribution in [-0.2, 0) is 11.2 Å². The average molecular weight is 254 g/mol. The summed E-state index contributed by atoms with van der Waals surface area (Å²) in [6, 6.07) is 8.30. The van der Waals surface area contributed by atoms with Crippen LogP contribution in [0.3, 0.4) is 0 Å². The summed E-state index contributed by atoms with van der Waals surface area (Å²) in [5, 5.41) is 0. The molecular weight excluding hydrogens is 232 g/mol. The number of allylic oxidation sites excluding steroid dienone is 4. The Kier molecular flexibility index (Phi) is 5.05. The molecule has 0 aliphatic carbocycles. The van der Waals surface area contributed by atoms with Crippen molar-refractivity contribution in [2.24, 2.45) is 5.41 Å². The summed E-state index contributed by atoms with van der Waals surface area (Å²) in [6.45, 7) is 13.3. The number of carbonyl (C=O) groups is 1. The first-order chi connectivity index (χ1) is 8.90. The molecule has 0 atom stereocenters. The topological polar surface area (TPSA) is 17.1 Å². The van der Waals surface area contributed by atoms with E-state index in [9.17, 15) is 4.79 Å². The molecule has 1 nitrogen and oxygen atoms in total. The molecular formula is C18H22O. The van der Waals surface area contributed by atoms with Crippen LogP contribution in [-0.4, -0.2) is 5.78 Å². The SMILES string of the molecule is C=C/C=C(\C=C)C(=O)C(C)(C)Cc1ccc(C)cc1. The van der Waals surface area contributed by atoms with Gasteiger partial charge in [-0.3, -0.25) is 4.79 Å². The molecule has 0 aliphatic heterocycles. The van der Waals surface area contributed by atoms with Crippen LogP contribution >= 0.6 is 0 Å². The van der Waals surface area contributed by atoms with Crippen LogP contribution in [0.4, 0.5) is 0 Å². The van der Waals surface area contributed by atoms with Gasteiger partial charge >= 0.3 is 0 Å². The second-order valence-corrected chi connectivity index (χ2v) is 5.44. The van der Waals surface area contributed by atoms with Gasteiger partial charge in [0.15, 0.2) is 5.78 Å². The van der Waals surface area contributed by atoms with E-state index in [1.165, 1.54) is 11.1 Å². The van der Waals surface area contributed by atoms with Gasteiger partial charge in [-0.05, 0) is 18.9 Å². The first-order valence-electron chi connectivity index (χ1n) is 6.46. The zero-order chi connectivity index (χ0) is 14.5. The summed E-state index contributed by atoms with van der Waals surface area (Å²) in [5.74, 6) is 0.1000. The van der Waals surface area contributed by atoms with Crippen LogP contribution in [0.2, 0.25) is 0 Å². The van der Waals surface area contributed by atoms with Crippen molar-refractivity contribution in [3.05, 3.63) is 72.4 Å². The lowest BCUT2D eigenvalue weighted by molar-refractivity contribution is -0.122. The fourth-order valence-corrected chi connectivity index (χ4v) is 2.05. The third-order valence-corrected chi connectivity index (χ3v) is 3.16. The molecule has 0 fully saturated rings. The maximum Gasteiger partial charge on any atom is 0.168 e. The molecule has 0 amide bonds. The molecule has 1 aromatic rings. The zero-order valence-corrected chi connectivity index (χ0v) is 12.1. The molecule has 0 radical (unpaired) electrons. The molecule has 0 N–H and O–H groups in total. The van der Waals surface area contributed by atoms with Crippen molar-refractivity contribution in [2.75, 3.05) is 0 Å². The van der Waals surface area contributed by atoms with E-state index in [1.807, 2.05) is 13.8 Å². The molecule has 0 spiro atoms. The maximum atomic E-state index is 12.5. The molecule has 0 unspecified atom stereocenters. The first kappa shape index (κ1) is 15.2. The van der Waals surface area contributed by atoms with E-state index in [2.05, 4.69) is 44.3 Å². The number of hydrogen-bond acceptors (Lipinski definition) is 1. The molecule has 0 saturated carbocycles. The third kappa shape index (κ3) is 4.06. The number of aryl methyl sites for hydroxylation is 1. The Bertz CT molecular complexity index is 501. The summed E-state index contributed by atoms with van der Waals surface area (Å²) < 4.78 is 0. The number of carbonyl (C=O) groups excluding carboxylic acids is 1. The minimum Gasteiger partial charge on any atom is -0.294 e. The predicted molar refractivity (Wildman–Crippen MR) is 82.1 cm³/mol. The minimum absolute atomic E-state index is 0.1000. The van der Waals surface area contributed by atoms with Crippen LogP contribution in [0, 0.1) is 12.3 Å². The number of hydrogen-bond donors (Lipinski definition) is 0. The van der Waals surface area contributed by atoms with Gasteiger partial charge in [-0.15, -0.1) is 0 Å². The molecule has 0 aliphatic rings. The number of ketones is 1. The molecule has 1 rings (SSSR count). The number of Topliss-reactive ketones (excluding diaryl/α,β-unsaturated/α-hetero) is 1. The van der Waals surface area contributed by atoms with Crippen LogP contribution in [0.15, 0.2) is 61.2 Å². The fraction of sp³-hybridized carbons (Fsp3) is 0.278. The summed E-state index contributed by atoms with van der Waals surface area (Å²) in [6.07, 6.45) is 5.65. The smallest absolute Gasteiger partial charge is 0.168 e. The minimum atomic E-state index is -0.446. The van der Waals surface area contributed by atoms with Crippen molar-refractivity contribution in [3.8, 4) is 0 Å². The van der Waals surface area contributed by atoms with E-state index in [1.54, 1.807) is 18.2 Å². The van der Waals surface area contributed by atoms with Gasteiger partial charge in [-0.2, -0.15) is 0 Å². The summed E-state index contributed by atoms with van der Waals surface area (Å²) in [7, 11) is 0. The summed E-state index contributed by atoms with van der Waals surface area (Å²) in [4.78, 5) is 12.5. The predicted octanol–water partition coefficient (Wildman–Crippen LogP) is 4.43. The van der Waals surface area contributed by atoms with E-state index in [0.717, 1.165) is 0 Å². The number of rotatable bonds is 6.